The summed E-state index contributed by atoms with van der Waals surface area (Å²) in [5.41, 5.74) is 2.86. The van der Waals surface area contributed by atoms with E-state index in [-0.39, 0.29) is 4.90 Å². The summed E-state index contributed by atoms with van der Waals surface area (Å²) in [4.78, 5) is 11.0. The number of rotatable bonds is 4. The van der Waals surface area contributed by atoms with Crippen molar-refractivity contribution in [1.29, 1.82) is 0 Å². The molecule has 1 aromatic heterocycles. The molecular weight excluding hydrogens is 346 g/mol. The van der Waals surface area contributed by atoms with Crippen LogP contribution in [0.4, 0.5) is 0 Å². The highest BCUT2D eigenvalue weighted by atomic mass is 32.2. The number of carbonyl (C=O) groups excluding carboxylic acids is 1. The maximum atomic E-state index is 13.2. The third-order valence-electron chi connectivity index (χ3n) is 4.34. The molecule has 0 atom stereocenters. The molecule has 0 saturated heterocycles. The fraction of sp³-hybridized carbons (Fsp3) is 0. The van der Waals surface area contributed by atoms with Crippen molar-refractivity contribution in [2.24, 2.45) is 0 Å². The number of hydrogen-bond acceptors (Lipinski definition) is 3. The molecule has 0 saturated carbocycles. The van der Waals surface area contributed by atoms with E-state index in [2.05, 4.69) is 0 Å². The van der Waals surface area contributed by atoms with Crippen LogP contribution in [0, 0.1) is 0 Å². The van der Waals surface area contributed by atoms with Gasteiger partial charge < -0.3 is 0 Å². The number of aromatic nitrogens is 1. The first kappa shape index (κ1) is 16.3. The number of carbonyl (C=O) groups is 1. The average molecular weight is 361 g/mol. The molecule has 5 heteroatoms. The summed E-state index contributed by atoms with van der Waals surface area (Å²) in [7, 11) is -3.78. The van der Waals surface area contributed by atoms with Gasteiger partial charge in [-0.1, -0.05) is 60.7 Å². The molecule has 0 amide bonds. The van der Waals surface area contributed by atoms with Crippen molar-refractivity contribution >= 4 is 27.2 Å². The second kappa shape index (κ2) is 6.28. The molecule has 0 N–H and O–H groups in total. The molecule has 4 rings (SSSR count). The van der Waals surface area contributed by atoms with Crippen LogP contribution in [0.3, 0.4) is 0 Å². The molecule has 1 heterocycles. The van der Waals surface area contributed by atoms with E-state index >= 15 is 0 Å². The zero-order chi connectivity index (χ0) is 18.1. The summed E-state index contributed by atoms with van der Waals surface area (Å²) in [6.45, 7) is 0. The molecule has 4 aromatic rings. The molecular formula is C21H15NO3S. The monoisotopic (exact) mass is 361 g/mol. The fourth-order valence-electron chi connectivity index (χ4n) is 3.03. The Hall–Kier alpha value is -3.18. The van der Waals surface area contributed by atoms with Crippen LogP contribution in [0.25, 0.3) is 22.0 Å². The Kier molecular flexibility index (Phi) is 3.93. The van der Waals surface area contributed by atoms with Gasteiger partial charge in [-0.25, -0.2) is 12.4 Å². The van der Waals surface area contributed by atoms with E-state index in [1.54, 1.807) is 12.3 Å². The maximum absolute atomic E-state index is 13.2. The Morgan fingerprint density at radius 2 is 1.42 bits per heavy atom. The van der Waals surface area contributed by atoms with Crippen LogP contribution in [0.5, 0.6) is 0 Å². The maximum Gasteiger partial charge on any atom is 0.268 e. The van der Waals surface area contributed by atoms with Gasteiger partial charge in [0.1, 0.15) is 6.29 Å². The summed E-state index contributed by atoms with van der Waals surface area (Å²) in [6, 6.07) is 23.0. The van der Waals surface area contributed by atoms with Crippen LogP contribution in [0.2, 0.25) is 0 Å². The quantitative estimate of drug-likeness (QED) is 0.508. The minimum absolute atomic E-state index is 0.142. The second-order valence-corrected chi connectivity index (χ2v) is 7.73. The molecule has 0 aliphatic carbocycles. The molecule has 4 nitrogen and oxygen atoms in total. The largest absolute Gasteiger partial charge is 0.298 e. The summed E-state index contributed by atoms with van der Waals surface area (Å²) in [5.74, 6) is 0. The number of aldehydes is 1. The van der Waals surface area contributed by atoms with Gasteiger partial charge in [-0.05, 0) is 23.8 Å². The third kappa shape index (κ3) is 2.62. The second-order valence-electron chi connectivity index (χ2n) is 5.91. The van der Waals surface area contributed by atoms with Crippen LogP contribution in [0.1, 0.15) is 10.4 Å². The van der Waals surface area contributed by atoms with E-state index in [1.807, 2.05) is 48.5 Å². The first-order valence-corrected chi connectivity index (χ1v) is 9.51. The average Bonchev–Trinajstić information content (AvgIpc) is 3.09. The number of hydrogen-bond donors (Lipinski definition) is 0. The van der Waals surface area contributed by atoms with Crippen LogP contribution < -0.4 is 0 Å². The Labute approximate surface area is 151 Å². The summed E-state index contributed by atoms with van der Waals surface area (Å²) in [5, 5.41) is 0.867. The van der Waals surface area contributed by atoms with Crippen LogP contribution in [-0.4, -0.2) is 18.7 Å². The first-order chi connectivity index (χ1) is 12.6. The summed E-state index contributed by atoms with van der Waals surface area (Å²) >= 11 is 0. The van der Waals surface area contributed by atoms with Gasteiger partial charge in [0.15, 0.2) is 0 Å². The van der Waals surface area contributed by atoms with E-state index in [9.17, 15) is 13.2 Å². The number of benzene rings is 3. The zero-order valence-corrected chi connectivity index (χ0v) is 14.6. The van der Waals surface area contributed by atoms with Crippen LogP contribution in [0.15, 0.2) is 90.0 Å². The van der Waals surface area contributed by atoms with Crippen LogP contribution >= 0.6 is 0 Å². The van der Waals surface area contributed by atoms with Gasteiger partial charge in [-0.2, -0.15) is 0 Å². The van der Waals surface area contributed by atoms with Gasteiger partial charge in [0.05, 0.1) is 10.4 Å². The first-order valence-electron chi connectivity index (χ1n) is 8.07. The lowest BCUT2D eigenvalue weighted by Gasteiger charge is -2.07. The van der Waals surface area contributed by atoms with Crippen molar-refractivity contribution in [3.05, 3.63) is 90.6 Å². The smallest absolute Gasteiger partial charge is 0.268 e. The van der Waals surface area contributed by atoms with Gasteiger partial charge in [-0.15, -0.1) is 0 Å². The summed E-state index contributed by atoms with van der Waals surface area (Å²) in [6.07, 6.45) is 2.35. The zero-order valence-electron chi connectivity index (χ0n) is 13.7. The lowest BCUT2D eigenvalue weighted by Crippen LogP contribution is -2.11. The highest BCUT2D eigenvalue weighted by molar-refractivity contribution is 7.90. The van der Waals surface area contributed by atoms with Gasteiger partial charge in [0.2, 0.25) is 0 Å². The van der Waals surface area contributed by atoms with E-state index < -0.39 is 10.0 Å². The minimum atomic E-state index is -3.78. The molecule has 26 heavy (non-hydrogen) atoms. The van der Waals surface area contributed by atoms with Crippen molar-refractivity contribution in [3.8, 4) is 11.1 Å². The Balaban J connectivity index is 1.95. The molecule has 0 bridgehead atoms. The predicted molar refractivity (Wildman–Crippen MR) is 102 cm³/mol. The number of fused-ring (bicyclic) bond motifs is 1. The topological polar surface area (TPSA) is 56.1 Å². The van der Waals surface area contributed by atoms with Crippen molar-refractivity contribution in [2.75, 3.05) is 0 Å². The highest BCUT2D eigenvalue weighted by Crippen LogP contribution is 2.32. The molecule has 0 fully saturated rings. The van der Waals surface area contributed by atoms with Gasteiger partial charge in [0.25, 0.3) is 10.0 Å². The normalized spacial score (nSPS) is 11.5. The molecule has 0 spiro atoms. The lowest BCUT2D eigenvalue weighted by atomic mass is 10.1. The number of para-hydroxylation sites is 1. The molecule has 0 aliphatic heterocycles. The van der Waals surface area contributed by atoms with E-state index in [0.717, 1.165) is 16.5 Å². The minimum Gasteiger partial charge on any atom is -0.298 e. The standard InChI is InChI=1S/C21H15NO3S/c23-15-16-10-12-18(13-11-16)26(24,25)22-14-20(17-6-2-1-3-7-17)19-8-4-5-9-21(19)22/h1-15H. The number of nitrogens with zero attached hydrogens (tertiary/aromatic N) is 1. The van der Waals surface area contributed by atoms with Crippen molar-refractivity contribution < 1.29 is 13.2 Å². The fourth-order valence-corrected chi connectivity index (χ4v) is 4.40. The Morgan fingerprint density at radius 1 is 0.769 bits per heavy atom. The van der Waals surface area contributed by atoms with E-state index in [1.165, 1.54) is 28.2 Å². The van der Waals surface area contributed by atoms with Gasteiger partial charge >= 0.3 is 0 Å². The molecule has 3 aromatic carbocycles. The van der Waals surface area contributed by atoms with E-state index in [4.69, 9.17) is 0 Å². The summed E-state index contributed by atoms with van der Waals surface area (Å²) < 4.78 is 27.6. The molecule has 128 valence electrons. The van der Waals surface area contributed by atoms with E-state index in [0.29, 0.717) is 17.4 Å². The molecule has 0 unspecified atom stereocenters. The Bertz CT molecular complexity index is 1190. The van der Waals surface area contributed by atoms with Gasteiger partial charge in [-0.3, -0.25) is 4.79 Å². The van der Waals surface area contributed by atoms with Crippen molar-refractivity contribution in [2.45, 2.75) is 4.90 Å². The van der Waals surface area contributed by atoms with Gasteiger partial charge in [0, 0.05) is 22.7 Å². The third-order valence-corrected chi connectivity index (χ3v) is 6.02. The van der Waals surface area contributed by atoms with Crippen LogP contribution in [-0.2, 0) is 10.0 Å². The lowest BCUT2D eigenvalue weighted by molar-refractivity contribution is 0.112. The molecule has 0 aliphatic rings. The molecule has 0 radical (unpaired) electrons. The predicted octanol–water partition coefficient (Wildman–Crippen LogP) is 4.36. The van der Waals surface area contributed by atoms with Crippen molar-refractivity contribution in [1.82, 2.24) is 3.97 Å². The Morgan fingerprint density at radius 3 is 2.12 bits per heavy atom. The van der Waals surface area contributed by atoms with Crippen molar-refractivity contribution in [3.63, 3.8) is 0 Å². The highest BCUT2D eigenvalue weighted by Gasteiger charge is 2.21. The SMILES string of the molecule is O=Cc1ccc(S(=O)(=O)n2cc(-c3ccccc3)c3ccccc32)cc1.